The van der Waals surface area contributed by atoms with E-state index in [1.54, 1.807) is 0 Å². The van der Waals surface area contributed by atoms with Crippen molar-refractivity contribution in [2.45, 2.75) is 329 Å². The van der Waals surface area contributed by atoms with Crippen LogP contribution < -0.4 is 10.6 Å². The standard InChI is InChI=1S/C74H122N8O31/c1-39-13-11-19-47(65(39)112-73-63(93)61(91)57(87)41(3)104-73)108-71-55(67(59(89)51(35-83)110-71)106-49(69(95)96)29-43-15-7-5-8-16-43)75-53(85)33-81-31-45(77-79-81)37-102-27-25-100-23-21-99-22-24-101-26-28-103-38-46-32-82(80-78-46)34-54(86)76-56-68(107-50(70(97)98)30-44-17-9-6-10-18-44)60(90)52(36-84)111-72(56)109-48-20-12-14-40(2)66(48)113-74-64(94)62(92)58(88)42(4)105-74/h31-32,39-44,47-52,55-68,71-74,83-84,87-94H,5-30,33-38H2,1-4H3,(H,75,85)(H,76,86)(H,95,96)(H,97,98)/t39?,40?,41?,42?,47-,48-,49+,50+,51+,52+,55?,56?,57-,58-,59+,60+,61?,62?,63+,64+,65-,66-,67?,68?,71-,72-,73+,74+/m1/s1. The predicted molar refractivity (Wildman–Crippen MR) is 384 cm³/mol. The lowest BCUT2D eigenvalue weighted by molar-refractivity contribution is -0.336. The molecule has 2 aromatic heterocycles. The number of carboxylic acid groups (broad SMARTS) is 2. The first kappa shape index (κ1) is 90.5. The van der Waals surface area contributed by atoms with Crippen molar-refractivity contribution in [1.29, 1.82) is 0 Å². The van der Waals surface area contributed by atoms with E-state index in [1.807, 2.05) is 13.8 Å². The maximum absolute atomic E-state index is 14.1. The number of carbonyl (C=O) groups is 4. The molecule has 39 heteroatoms. The fourth-order valence-corrected chi connectivity index (χ4v) is 16.4. The minimum Gasteiger partial charge on any atom is -0.479 e. The van der Waals surface area contributed by atoms with Gasteiger partial charge >= 0.3 is 11.9 Å². The van der Waals surface area contributed by atoms with Crippen LogP contribution in [0.4, 0.5) is 0 Å². The normalized spacial score (nSPS) is 36.2. The maximum Gasteiger partial charge on any atom is 0.332 e. The first-order valence-corrected chi connectivity index (χ1v) is 40.3. The highest BCUT2D eigenvalue weighted by atomic mass is 16.7. The van der Waals surface area contributed by atoms with Gasteiger partial charge in [-0.15, -0.1) is 10.2 Å². The number of carboxylic acids is 2. The highest BCUT2D eigenvalue weighted by Crippen LogP contribution is 2.40. The van der Waals surface area contributed by atoms with Gasteiger partial charge in [0.1, 0.15) is 110 Å². The Morgan fingerprint density at radius 3 is 1.15 bits per heavy atom. The fourth-order valence-electron chi connectivity index (χ4n) is 16.4. The van der Waals surface area contributed by atoms with Crippen LogP contribution in [0.2, 0.25) is 0 Å². The molecule has 113 heavy (non-hydrogen) atoms. The summed E-state index contributed by atoms with van der Waals surface area (Å²) in [5.74, 6) is -4.19. The van der Waals surface area contributed by atoms with E-state index in [1.165, 1.54) is 35.6 Å². The molecular formula is C74H122N8O31. The zero-order valence-electron chi connectivity index (χ0n) is 64.9. The number of hydrogen-bond donors (Lipinski definition) is 14. The molecule has 4 aliphatic heterocycles. The summed E-state index contributed by atoms with van der Waals surface area (Å²) >= 11 is 0. The molecule has 2 amide bonds. The highest BCUT2D eigenvalue weighted by Gasteiger charge is 2.55. The summed E-state index contributed by atoms with van der Waals surface area (Å²) in [7, 11) is 0. The molecule has 28 atom stereocenters. The Hall–Kier alpha value is -4.84. The Morgan fingerprint density at radius 2 is 0.796 bits per heavy atom. The molecule has 6 heterocycles. The summed E-state index contributed by atoms with van der Waals surface area (Å²) in [6.07, 6.45) is -15.6. The van der Waals surface area contributed by atoms with Crippen molar-refractivity contribution in [3.8, 4) is 0 Å². The molecule has 2 aromatic rings. The molecule has 4 saturated heterocycles. The van der Waals surface area contributed by atoms with Crippen molar-refractivity contribution in [2.24, 2.45) is 23.7 Å². The Morgan fingerprint density at radius 1 is 0.434 bits per heavy atom. The van der Waals surface area contributed by atoms with Gasteiger partial charge in [-0.2, -0.15) is 0 Å². The largest absolute Gasteiger partial charge is 0.479 e. The molecule has 644 valence electrons. The second-order valence-electron chi connectivity index (χ2n) is 31.4. The minimum absolute atomic E-state index is 0.0155. The zero-order chi connectivity index (χ0) is 80.8. The van der Waals surface area contributed by atoms with Crippen LogP contribution in [0.1, 0.15) is 155 Å². The van der Waals surface area contributed by atoms with Gasteiger partial charge < -0.3 is 143 Å². The number of nitrogens with one attached hydrogen (secondary N) is 2. The van der Waals surface area contributed by atoms with Crippen LogP contribution in [-0.2, 0) is 117 Å². The van der Waals surface area contributed by atoms with Crippen molar-refractivity contribution >= 4 is 23.8 Å². The first-order valence-electron chi connectivity index (χ1n) is 40.3. The molecule has 8 fully saturated rings. The molecule has 0 radical (unpaired) electrons. The summed E-state index contributed by atoms with van der Waals surface area (Å²) in [6.45, 7) is 6.48. The molecule has 10 unspecified atom stereocenters. The zero-order valence-corrected chi connectivity index (χ0v) is 64.9. The smallest absolute Gasteiger partial charge is 0.332 e. The minimum atomic E-state index is -1.64. The van der Waals surface area contributed by atoms with E-state index < -0.39 is 209 Å². The van der Waals surface area contributed by atoms with E-state index in [4.69, 9.17) is 71.1 Å². The van der Waals surface area contributed by atoms with Crippen molar-refractivity contribution < 1.29 is 152 Å². The van der Waals surface area contributed by atoms with Gasteiger partial charge in [0.2, 0.25) is 11.8 Å². The van der Waals surface area contributed by atoms with E-state index in [-0.39, 0.29) is 103 Å². The number of aliphatic carboxylic acids is 2. The molecular weight excluding hydrogens is 1500 g/mol. The van der Waals surface area contributed by atoms with E-state index >= 15 is 0 Å². The number of aliphatic hydroxyl groups is 10. The van der Waals surface area contributed by atoms with Crippen molar-refractivity contribution in [3.63, 3.8) is 0 Å². The topological polar surface area (TPSA) is 535 Å². The number of hydrogen-bond acceptors (Lipinski definition) is 33. The molecule has 14 N–H and O–H groups in total. The number of aromatic nitrogens is 6. The number of amides is 2. The number of aliphatic hydroxyl groups excluding tert-OH is 10. The third-order valence-electron chi connectivity index (χ3n) is 22.8. The average Bonchev–Trinajstić information content (AvgIpc) is 1.24. The van der Waals surface area contributed by atoms with Gasteiger partial charge in [0.25, 0.3) is 0 Å². The molecule has 0 bridgehead atoms. The Balaban J connectivity index is 0.636. The van der Waals surface area contributed by atoms with Crippen LogP contribution in [0.15, 0.2) is 12.4 Å². The molecule has 10 rings (SSSR count). The van der Waals surface area contributed by atoms with Crippen LogP contribution in [0.3, 0.4) is 0 Å². The maximum atomic E-state index is 14.1. The quantitative estimate of drug-likeness (QED) is 0.0327. The van der Waals surface area contributed by atoms with E-state index in [0.717, 1.165) is 64.2 Å². The lowest BCUT2D eigenvalue weighted by atomic mass is 9.85. The SMILES string of the molecule is CC1O[C@@H](O[C@@H]2C(C)CCC[C@H]2O[C@@H]2O[C@@H](CO)[C@H](O)C(O[C@@H](CC3CCCCC3)C(=O)O)C2NC(=O)Cn2cc(COCCOCCOCCOCCOCc3cn(CC(=O)NC4C(O[C@@H](CC5CCCCC5)C(=O)O)[C@@H](O)[C@H](CO)O[C@H]4O[C@@H]4CCCC(C)[C@H]4O[C@@H]4OC(C)[C@@H](O)C(O)[C@@H]4O)nn3)nn2)[C@@H](O)C(O)[C@@H]1O. The molecule has 4 saturated carbocycles. The Kier molecular flexibility index (Phi) is 35.9. The second-order valence-corrected chi connectivity index (χ2v) is 31.4. The Labute approximate surface area is 656 Å². The highest BCUT2D eigenvalue weighted by molar-refractivity contribution is 5.77. The Bertz CT molecular complexity index is 2960. The van der Waals surface area contributed by atoms with Crippen LogP contribution in [0.25, 0.3) is 0 Å². The van der Waals surface area contributed by atoms with Gasteiger partial charge in [0.05, 0.1) is 128 Å². The third kappa shape index (κ3) is 25.6. The van der Waals surface area contributed by atoms with Crippen molar-refractivity contribution in [2.75, 3.05) is 66.1 Å². The average molecular weight is 1620 g/mol. The molecule has 0 spiro atoms. The summed E-state index contributed by atoms with van der Waals surface area (Å²) in [5.41, 5.74) is 0.769. The first-order chi connectivity index (χ1) is 54.4. The fraction of sp³-hybridized carbons (Fsp3) is 0.892. The van der Waals surface area contributed by atoms with Gasteiger partial charge in [-0.3, -0.25) is 9.59 Å². The van der Waals surface area contributed by atoms with Gasteiger partial charge in [0, 0.05) is 0 Å². The lowest BCUT2D eigenvalue weighted by Gasteiger charge is -2.48. The summed E-state index contributed by atoms with van der Waals surface area (Å²) < 4.78 is 93.5. The lowest BCUT2D eigenvalue weighted by Crippen LogP contribution is -2.67. The van der Waals surface area contributed by atoms with Gasteiger partial charge in [-0.1, -0.05) is 101 Å². The number of carbonyl (C=O) groups excluding carboxylic acids is 2. The van der Waals surface area contributed by atoms with Crippen molar-refractivity contribution in [3.05, 3.63) is 23.8 Å². The molecule has 39 nitrogen and oxygen atoms in total. The summed E-state index contributed by atoms with van der Waals surface area (Å²) in [5, 5.41) is 151. The van der Waals surface area contributed by atoms with Crippen LogP contribution in [0, 0.1) is 23.7 Å². The van der Waals surface area contributed by atoms with E-state index in [9.17, 15) is 80.5 Å². The van der Waals surface area contributed by atoms with Gasteiger partial charge in [-0.05, 0) is 76.0 Å². The van der Waals surface area contributed by atoms with Gasteiger partial charge in [-0.25, -0.2) is 19.0 Å². The second kappa shape index (κ2) is 44.8. The third-order valence-corrected chi connectivity index (χ3v) is 22.8. The van der Waals surface area contributed by atoms with Gasteiger partial charge in [0.15, 0.2) is 37.4 Å². The molecule has 0 aromatic carbocycles. The van der Waals surface area contributed by atoms with Crippen LogP contribution >= 0.6 is 0 Å². The number of nitrogens with zero attached hydrogens (tertiary/aromatic N) is 6. The summed E-state index contributed by atoms with van der Waals surface area (Å²) in [4.78, 5) is 53.9. The van der Waals surface area contributed by atoms with Crippen LogP contribution in [0.5, 0.6) is 0 Å². The van der Waals surface area contributed by atoms with E-state index in [0.29, 0.717) is 49.9 Å². The number of rotatable bonds is 42. The number of ether oxygens (including phenoxy) is 15. The molecule has 4 aliphatic carbocycles. The summed E-state index contributed by atoms with van der Waals surface area (Å²) in [6, 6.07) is -2.73. The molecule has 8 aliphatic rings. The van der Waals surface area contributed by atoms with Crippen molar-refractivity contribution in [1.82, 2.24) is 40.6 Å². The van der Waals surface area contributed by atoms with Crippen LogP contribution in [-0.4, -0.2) is 340 Å². The van der Waals surface area contributed by atoms with E-state index in [2.05, 4.69) is 31.3 Å². The predicted octanol–water partition coefficient (Wildman–Crippen LogP) is -1.77. The monoisotopic (exact) mass is 1620 g/mol.